The number of hydrogen-bond acceptors (Lipinski definition) is 5. The van der Waals surface area contributed by atoms with Crippen LogP contribution in [0.3, 0.4) is 0 Å². The van der Waals surface area contributed by atoms with Crippen LogP contribution in [0.2, 0.25) is 0 Å². The first-order valence-electron chi connectivity index (χ1n) is 9.23. The largest absolute Gasteiger partial charge is 0.368 e. The molecule has 0 saturated heterocycles. The number of amides is 2. The van der Waals surface area contributed by atoms with Gasteiger partial charge in [0.1, 0.15) is 6.61 Å². The smallest absolute Gasteiger partial charge is 0.248 e. The lowest BCUT2D eigenvalue weighted by molar-refractivity contribution is -0.137. The molecule has 0 radical (unpaired) electrons. The predicted molar refractivity (Wildman–Crippen MR) is 108 cm³/mol. The minimum atomic E-state index is 0.0906. The fourth-order valence-electron chi connectivity index (χ4n) is 2.54. The predicted octanol–water partition coefficient (Wildman–Crippen LogP) is 2.74. The first kappa shape index (κ1) is 22.6. The minimum Gasteiger partial charge on any atom is -0.368 e. The zero-order chi connectivity index (χ0) is 18.5. The Kier molecular flexibility index (Phi) is 12.5. The third kappa shape index (κ3) is 11.0. The SMILES string of the molecule is CC(=O)N(C)CCSCCSCCN(C)C(=O)COC1CCCCC1. The second-order valence-corrected chi connectivity index (χ2v) is 9.00. The molecule has 0 bridgehead atoms. The maximum absolute atomic E-state index is 12.1. The Morgan fingerprint density at radius 2 is 1.48 bits per heavy atom. The van der Waals surface area contributed by atoms with Crippen molar-refractivity contribution >= 4 is 35.3 Å². The number of rotatable bonds is 12. The van der Waals surface area contributed by atoms with E-state index in [1.807, 2.05) is 37.6 Å². The molecule has 146 valence electrons. The van der Waals surface area contributed by atoms with Crippen LogP contribution in [-0.4, -0.2) is 84.5 Å². The summed E-state index contributed by atoms with van der Waals surface area (Å²) in [5.41, 5.74) is 0. The number of likely N-dealkylation sites (N-methyl/N-ethyl adjacent to an activating group) is 1. The molecule has 1 rings (SSSR count). The monoisotopic (exact) mass is 390 g/mol. The molecule has 0 aromatic carbocycles. The van der Waals surface area contributed by atoms with Gasteiger partial charge in [0.05, 0.1) is 6.10 Å². The zero-order valence-electron chi connectivity index (χ0n) is 16.0. The van der Waals surface area contributed by atoms with E-state index in [0.29, 0.717) is 6.10 Å². The number of carbonyl (C=O) groups excluding carboxylic acids is 2. The molecule has 0 unspecified atom stereocenters. The molecular weight excluding hydrogens is 356 g/mol. The average molecular weight is 391 g/mol. The van der Waals surface area contributed by atoms with Crippen molar-refractivity contribution in [2.24, 2.45) is 0 Å². The number of thioether (sulfide) groups is 2. The Morgan fingerprint density at radius 1 is 0.920 bits per heavy atom. The van der Waals surface area contributed by atoms with E-state index >= 15 is 0 Å². The van der Waals surface area contributed by atoms with Gasteiger partial charge in [-0.3, -0.25) is 9.59 Å². The van der Waals surface area contributed by atoms with Gasteiger partial charge >= 0.3 is 0 Å². The second-order valence-electron chi connectivity index (χ2n) is 6.55. The van der Waals surface area contributed by atoms with Gasteiger partial charge in [0.25, 0.3) is 0 Å². The summed E-state index contributed by atoms with van der Waals surface area (Å²) in [7, 11) is 3.70. The van der Waals surface area contributed by atoms with Crippen molar-refractivity contribution in [3.63, 3.8) is 0 Å². The van der Waals surface area contributed by atoms with Crippen molar-refractivity contribution in [2.45, 2.75) is 45.1 Å². The van der Waals surface area contributed by atoms with Crippen LogP contribution in [0.15, 0.2) is 0 Å². The number of nitrogens with zero attached hydrogens (tertiary/aromatic N) is 2. The van der Waals surface area contributed by atoms with Crippen molar-refractivity contribution in [3.8, 4) is 0 Å². The van der Waals surface area contributed by atoms with E-state index in [4.69, 9.17) is 4.74 Å². The van der Waals surface area contributed by atoms with Gasteiger partial charge in [-0.2, -0.15) is 23.5 Å². The van der Waals surface area contributed by atoms with Crippen molar-refractivity contribution in [1.29, 1.82) is 0 Å². The fraction of sp³-hybridized carbons (Fsp3) is 0.889. The highest BCUT2D eigenvalue weighted by Crippen LogP contribution is 2.20. The van der Waals surface area contributed by atoms with Gasteiger partial charge < -0.3 is 14.5 Å². The molecule has 0 N–H and O–H groups in total. The van der Waals surface area contributed by atoms with Crippen LogP contribution in [0.1, 0.15) is 39.0 Å². The Balaban J connectivity index is 1.94. The topological polar surface area (TPSA) is 49.9 Å². The van der Waals surface area contributed by atoms with Gasteiger partial charge in [0.2, 0.25) is 11.8 Å². The summed E-state index contributed by atoms with van der Waals surface area (Å²) in [6.07, 6.45) is 6.26. The Morgan fingerprint density at radius 3 is 2.04 bits per heavy atom. The highest BCUT2D eigenvalue weighted by molar-refractivity contribution is 8.02. The molecule has 0 atom stereocenters. The summed E-state index contributed by atoms with van der Waals surface area (Å²) in [6, 6.07) is 0. The summed E-state index contributed by atoms with van der Waals surface area (Å²) < 4.78 is 5.74. The van der Waals surface area contributed by atoms with Gasteiger partial charge in [0, 0.05) is 57.1 Å². The van der Waals surface area contributed by atoms with E-state index in [-0.39, 0.29) is 18.4 Å². The Bertz CT molecular complexity index is 391. The van der Waals surface area contributed by atoms with Crippen LogP contribution in [0.4, 0.5) is 0 Å². The molecule has 1 saturated carbocycles. The van der Waals surface area contributed by atoms with E-state index in [1.54, 1.807) is 16.7 Å². The van der Waals surface area contributed by atoms with Gasteiger partial charge in [-0.15, -0.1) is 0 Å². The Labute approximate surface area is 161 Å². The van der Waals surface area contributed by atoms with Crippen molar-refractivity contribution in [3.05, 3.63) is 0 Å². The second kappa shape index (κ2) is 13.8. The number of hydrogen-bond donors (Lipinski definition) is 0. The van der Waals surface area contributed by atoms with Crippen LogP contribution >= 0.6 is 23.5 Å². The van der Waals surface area contributed by atoms with Crippen LogP contribution in [0.25, 0.3) is 0 Å². The van der Waals surface area contributed by atoms with E-state index in [0.717, 1.165) is 48.9 Å². The Hall–Kier alpha value is -0.400. The summed E-state index contributed by atoms with van der Waals surface area (Å²) in [5.74, 6) is 4.31. The summed E-state index contributed by atoms with van der Waals surface area (Å²) >= 11 is 3.75. The molecule has 1 aliphatic carbocycles. The summed E-state index contributed by atoms with van der Waals surface area (Å²) in [5, 5.41) is 0. The lowest BCUT2D eigenvalue weighted by Gasteiger charge is -2.23. The normalized spacial score (nSPS) is 15.2. The van der Waals surface area contributed by atoms with E-state index in [2.05, 4.69) is 0 Å². The molecule has 0 heterocycles. The lowest BCUT2D eigenvalue weighted by atomic mass is 9.98. The van der Waals surface area contributed by atoms with Crippen molar-refractivity contribution in [2.75, 3.05) is 56.8 Å². The number of ether oxygens (including phenoxy) is 1. The van der Waals surface area contributed by atoms with E-state index in [9.17, 15) is 9.59 Å². The first-order chi connectivity index (χ1) is 12.0. The lowest BCUT2D eigenvalue weighted by Crippen LogP contribution is -2.34. The van der Waals surface area contributed by atoms with E-state index < -0.39 is 0 Å². The van der Waals surface area contributed by atoms with Crippen LogP contribution in [0.5, 0.6) is 0 Å². The molecule has 0 aliphatic heterocycles. The zero-order valence-corrected chi connectivity index (χ0v) is 17.6. The summed E-state index contributed by atoms with van der Waals surface area (Å²) in [4.78, 5) is 26.7. The van der Waals surface area contributed by atoms with Crippen molar-refractivity contribution < 1.29 is 14.3 Å². The molecule has 0 aromatic rings. The van der Waals surface area contributed by atoms with Gasteiger partial charge in [-0.25, -0.2) is 0 Å². The highest BCUT2D eigenvalue weighted by atomic mass is 32.2. The van der Waals surface area contributed by atoms with Gasteiger partial charge in [-0.1, -0.05) is 19.3 Å². The average Bonchev–Trinajstić information content (AvgIpc) is 2.62. The maximum atomic E-state index is 12.1. The molecule has 0 spiro atoms. The molecular formula is C18H34N2O3S2. The number of carbonyl (C=O) groups is 2. The molecule has 2 amide bonds. The van der Waals surface area contributed by atoms with Crippen LogP contribution in [-0.2, 0) is 14.3 Å². The third-order valence-corrected chi connectivity index (χ3v) is 6.66. The van der Waals surface area contributed by atoms with Gasteiger partial charge in [0.15, 0.2) is 0 Å². The molecule has 1 aliphatic rings. The van der Waals surface area contributed by atoms with Gasteiger partial charge in [-0.05, 0) is 12.8 Å². The third-order valence-electron chi connectivity index (χ3n) is 4.47. The standard InChI is InChI=1S/C18H34N2O3S2/c1-16(21)19(2)9-11-24-13-14-25-12-10-20(3)18(22)15-23-17-7-5-4-6-8-17/h17H,4-15H2,1-3H3. The molecule has 1 fully saturated rings. The summed E-state index contributed by atoms with van der Waals surface area (Å²) in [6.45, 7) is 3.40. The molecule has 5 nitrogen and oxygen atoms in total. The minimum absolute atomic E-state index is 0.0906. The fourth-order valence-corrected chi connectivity index (χ4v) is 4.70. The molecule has 7 heteroatoms. The van der Waals surface area contributed by atoms with Crippen LogP contribution < -0.4 is 0 Å². The molecule has 25 heavy (non-hydrogen) atoms. The van der Waals surface area contributed by atoms with E-state index in [1.165, 1.54) is 19.3 Å². The quantitative estimate of drug-likeness (QED) is 0.480. The van der Waals surface area contributed by atoms with Crippen LogP contribution in [0, 0.1) is 0 Å². The highest BCUT2D eigenvalue weighted by Gasteiger charge is 2.16. The molecule has 0 aromatic heterocycles. The first-order valence-corrected chi connectivity index (χ1v) is 11.5. The maximum Gasteiger partial charge on any atom is 0.248 e. The van der Waals surface area contributed by atoms with Crippen molar-refractivity contribution in [1.82, 2.24) is 9.80 Å².